The fourth-order valence-corrected chi connectivity index (χ4v) is 3.81. The number of benzene rings is 3. The van der Waals surface area contributed by atoms with E-state index in [1.165, 1.54) is 30.3 Å². The summed E-state index contributed by atoms with van der Waals surface area (Å²) in [7, 11) is 1.87. The Kier molecular flexibility index (Phi) is 7.01. The summed E-state index contributed by atoms with van der Waals surface area (Å²) >= 11 is 0. The average Bonchev–Trinajstić information content (AvgIpc) is 3.23. The minimum atomic E-state index is -1.30. The Morgan fingerprint density at radius 2 is 1.68 bits per heavy atom. The summed E-state index contributed by atoms with van der Waals surface area (Å²) in [5.41, 5.74) is 3.20. The molecule has 0 aliphatic heterocycles. The number of rotatable bonds is 9. The van der Waals surface area contributed by atoms with Gasteiger partial charge in [0.15, 0.2) is 0 Å². The highest BCUT2D eigenvalue weighted by Gasteiger charge is 2.18. The van der Waals surface area contributed by atoms with Crippen LogP contribution in [0, 0.1) is 11.6 Å². The predicted molar refractivity (Wildman–Crippen MR) is 121 cm³/mol. The maximum Gasteiger partial charge on any atom is 0.129 e. The van der Waals surface area contributed by atoms with Gasteiger partial charge in [-0.1, -0.05) is 30.3 Å². The monoisotopic (exact) mass is 461 g/mol. The fourth-order valence-electron chi connectivity index (χ4n) is 3.81. The molecule has 0 N–H and O–H groups in total. The Hall–Kier alpha value is -4.00. The number of aryl methyl sites for hydroxylation is 3. The SMILES string of the molecule is Cn1cncc1CC(Oc1ccc(CCc2ccc(F)cc2)c(C(=O)[O-])c1)c1ccc(F)cc1. The summed E-state index contributed by atoms with van der Waals surface area (Å²) < 4.78 is 34.7. The zero-order chi connectivity index (χ0) is 24.1. The molecule has 0 saturated carbocycles. The third-order valence-electron chi connectivity index (χ3n) is 5.73. The minimum absolute atomic E-state index is 0.0398. The Balaban J connectivity index is 1.57. The third kappa shape index (κ3) is 5.67. The van der Waals surface area contributed by atoms with E-state index in [0.717, 1.165) is 16.8 Å². The molecule has 0 aliphatic carbocycles. The van der Waals surface area contributed by atoms with Crippen LogP contribution in [0.4, 0.5) is 8.78 Å². The van der Waals surface area contributed by atoms with Gasteiger partial charge in [0.25, 0.3) is 0 Å². The van der Waals surface area contributed by atoms with E-state index in [1.807, 2.05) is 11.6 Å². The zero-order valence-corrected chi connectivity index (χ0v) is 18.6. The molecule has 0 aliphatic rings. The first-order valence-corrected chi connectivity index (χ1v) is 10.8. The van der Waals surface area contributed by atoms with E-state index >= 15 is 0 Å². The van der Waals surface area contributed by atoms with Crippen molar-refractivity contribution in [2.75, 3.05) is 0 Å². The van der Waals surface area contributed by atoms with Gasteiger partial charge in [-0.25, -0.2) is 13.8 Å². The highest BCUT2D eigenvalue weighted by molar-refractivity contribution is 5.88. The lowest BCUT2D eigenvalue weighted by molar-refractivity contribution is -0.255. The molecule has 1 atom stereocenters. The molecular formula is C27H23F2N2O3-. The first kappa shape index (κ1) is 23.2. The summed E-state index contributed by atoms with van der Waals surface area (Å²) in [6, 6.07) is 17.0. The van der Waals surface area contributed by atoms with Gasteiger partial charge in [-0.3, -0.25) is 0 Å². The molecule has 7 heteroatoms. The van der Waals surface area contributed by atoms with Gasteiger partial charge in [-0.2, -0.15) is 0 Å². The molecule has 4 rings (SSSR count). The van der Waals surface area contributed by atoms with Crippen molar-refractivity contribution < 1.29 is 23.4 Å². The highest BCUT2D eigenvalue weighted by atomic mass is 19.1. The molecule has 5 nitrogen and oxygen atoms in total. The maximum atomic E-state index is 13.5. The van der Waals surface area contributed by atoms with E-state index in [4.69, 9.17) is 4.74 Å². The number of halogens is 2. The smallest absolute Gasteiger partial charge is 0.129 e. The van der Waals surface area contributed by atoms with Crippen molar-refractivity contribution in [3.63, 3.8) is 0 Å². The molecule has 0 amide bonds. The molecular weight excluding hydrogens is 438 g/mol. The largest absolute Gasteiger partial charge is 0.545 e. The first-order valence-electron chi connectivity index (χ1n) is 10.8. The van der Waals surface area contributed by atoms with Gasteiger partial charge in [0.05, 0.1) is 12.3 Å². The number of nitrogens with zero attached hydrogens (tertiary/aromatic N) is 2. The number of ether oxygens (including phenoxy) is 1. The Bertz CT molecular complexity index is 1270. The molecule has 0 fully saturated rings. The first-order chi connectivity index (χ1) is 16.4. The summed E-state index contributed by atoms with van der Waals surface area (Å²) in [4.78, 5) is 16.0. The van der Waals surface area contributed by atoms with E-state index in [1.54, 1.807) is 48.9 Å². The Morgan fingerprint density at radius 1 is 1.00 bits per heavy atom. The molecule has 4 aromatic rings. The summed E-state index contributed by atoms with van der Waals surface area (Å²) in [5, 5.41) is 11.9. The lowest BCUT2D eigenvalue weighted by Crippen LogP contribution is -2.24. The Labute approximate surface area is 196 Å². The molecule has 1 heterocycles. The molecule has 0 bridgehead atoms. The second kappa shape index (κ2) is 10.3. The number of imidazole rings is 1. The molecule has 1 unspecified atom stereocenters. The van der Waals surface area contributed by atoms with Crippen molar-refractivity contribution in [3.8, 4) is 5.75 Å². The Morgan fingerprint density at radius 3 is 2.29 bits per heavy atom. The summed E-state index contributed by atoms with van der Waals surface area (Å²) in [6.45, 7) is 0. The number of aromatic carboxylic acids is 1. The molecule has 0 radical (unpaired) electrons. The highest BCUT2D eigenvalue weighted by Crippen LogP contribution is 2.28. The van der Waals surface area contributed by atoms with Crippen molar-refractivity contribution in [1.29, 1.82) is 0 Å². The standard InChI is InChI=1S/C27H24F2N2O3/c1-31-17-30-16-23(31)14-26(20-6-11-22(29)12-7-20)34-24-13-8-19(25(15-24)27(32)33)5-2-18-3-9-21(28)10-4-18/h3-4,6-13,15-17,26H,2,5,14H2,1H3,(H,32,33)/p-1. The van der Waals surface area contributed by atoms with Gasteiger partial charge < -0.3 is 19.2 Å². The van der Waals surface area contributed by atoms with Crippen LogP contribution < -0.4 is 9.84 Å². The number of carbonyl (C=O) groups excluding carboxylic acids is 1. The van der Waals surface area contributed by atoms with Crippen LogP contribution in [0.5, 0.6) is 5.75 Å². The predicted octanol–water partition coefficient (Wildman–Crippen LogP) is 4.21. The van der Waals surface area contributed by atoms with Crippen LogP contribution in [0.2, 0.25) is 0 Å². The van der Waals surface area contributed by atoms with E-state index in [0.29, 0.717) is 30.6 Å². The average molecular weight is 461 g/mol. The fraction of sp³-hybridized carbons (Fsp3) is 0.185. The van der Waals surface area contributed by atoms with E-state index in [9.17, 15) is 18.7 Å². The molecule has 174 valence electrons. The number of hydrogen-bond acceptors (Lipinski definition) is 4. The lowest BCUT2D eigenvalue weighted by atomic mass is 9.99. The number of hydrogen-bond donors (Lipinski definition) is 0. The molecule has 3 aromatic carbocycles. The van der Waals surface area contributed by atoms with Crippen molar-refractivity contribution in [2.45, 2.75) is 25.4 Å². The van der Waals surface area contributed by atoms with E-state index < -0.39 is 12.1 Å². The van der Waals surface area contributed by atoms with Crippen LogP contribution in [-0.4, -0.2) is 15.5 Å². The number of aromatic nitrogens is 2. The van der Waals surface area contributed by atoms with Crippen molar-refractivity contribution in [3.05, 3.63) is 119 Å². The van der Waals surface area contributed by atoms with Crippen LogP contribution in [0.1, 0.15) is 38.8 Å². The minimum Gasteiger partial charge on any atom is -0.545 e. The lowest BCUT2D eigenvalue weighted by Gasteiger charge is -2.21. The normalized spacial score (nSPS) is 11.9. The van der Waals surface area contributed by atoms with E-state index in [2.05, 4.69) is 4.98 Å². The van der Waals surface area contributed by atoms with E-state index in [-0.39, 0.29) is 17.2 Å². The molecule has 1 aromatic heterocycles. The summed E-state index contributed by atoms with van der Waals surface area (Å²) in [5.74, 6) is -1.61. The van der Waals surface area contributed by atoms with Crippen LogP contribution in [-0.2, 0) is 26.3 Å². The van der Waals surface area contributed by atoms with Gasteiger partial charge >= 0.3 is 0 Å². The van der Waals surface area contributed by atoms with Gasteiger partial charge in [0.1, 0.15) is 23.5 Å². The van der Waals surface area contributed by atoms with Gasteiger partial charge in [0, 0.05) is 30.9 Å². The third-order valence-corrected chi connectivity index (χ3v) is 5.73. The van der Waals surface area contributed by atoms with Crippen molar-refractivity contribution in [1.82, 2.24) is 9.55 Å². The van der Waals surface area contributed by atoms with Gasteiger partial charge in [-0.05, 0) is 65.9 Å². The quantitative estimate of drug-likeness (QED) is 0.375. The van der Waals surface area contributed by atoms with Crippen molar-refractivity contribution in [2.24, 2.45) is 7.05 Å². The van der Waals surface area contributed by atoms with Gasteiger partial charge in [-0.15, -0.1) is 0 Å². The van der Waals surface area contributed by atoms with Crippen LogP contribution in [0.3, 0.4) is 0 Å². The zero-order valence-electron chi connectivity index (χ0n) is 18.6. The van der Waals surface area contributed by atoms with Crippen LogP contribution in [0.25, 0.3) is 0 Å². The molecule has 0 saturated heterocycles. The topological polar surface area (TPSA) is 67.2 Å². The second-order valence-corrected chi connectivity index (χ2v) is 8.09. The number of carboxylic acids is 1. The second-order valence-electron chi connectivity index (χ2n) is 8.09. The molecule has 0 spiro atoms. The maximum absolute atomic E-state index is 13.5. The molecule has 34 heavy (non-hydrogen) atoms. The van der Waals surface area contributed by atoms with Gasteiger partial charge in [0.2, 0.25) is 0 Å². The number of carboxylic acid groups (broad SMARTS) is 1. The van der Waals surface area contributed by atoms with Crippen LogP contribution in [0.15, 0.2) is 79.3 Å². The number of carbonyl (C=O) groups is 1. The van der Waals surface area contributed by atoms with Crippen LogP contribution >= 0.6 is 0 Å². The summed E-state index contributed by atoms with van der Waals surface area (Å²) in [6.07, 6.45) is 4.38. The van der Waals surface area contributed by atoms with Crippen molar-refractivity contribution >= 4 is 5.97 Å².